The number of hydrogen-bond donors (Lipinski definition) is 1. The van der Waals surface area contributed by atoms with Crippen LogP contribution >= 0.6 is 11.6 Å². The van der Waals surface area contributed by atoms with Crippen molar-refractivity contribution in [3.8, 4) is 0 Å². The molecule has 0 saturated heterocycles. The van der Waals surface area contributed by atoms with Gasteiger partial charge in [0.1, 0.15) is 5.82 Å². The molecule has 0 fully saturated rings. The van der Waals surface area contributed by atoms with E-state index in [4.69, 9.17) is 16.6 Å². The second-order valence-electron chi connectivity index (χ2n) is 10.5. The van der Waals surface area contributed by atoms with Crippen molar-refractivity contribution in [3.63, 3.8) is 0 Å². The Labute approximate surface area is 244 Å². The van der Waals surface area contributed by atoms with Crippen LogP contribution in [0.5, 0.6) is 0 Å². The smallest absolute Gasteiger partial charge is 0.337 e. The molecule has 0 bridgehead atoms. The summed E-state index contributed by atoms with van der Waals surface area (Å²) in [5.41, 5.74) is -0.0309. The molecule has 4 aromatic rings. The van der Waals surface area contributed by atoms with Crippen molar-refractivity contribution < 1.29 is 14.7 Å². The topological polar surface area (TPSA) is 95.7 Å². The van der Waals surface area contributed by atoms with Gasteiger partial charge in [0.15, 0.2) is 5.54 Å². The number of amides is 1. The average Bonchev–Trinajstić information content (AvgIpc) is 2.94. The number of nitrogens with zero attached hydrogens (tertiary/aromatic N) is 4. The van der Waals surface area contributed by atoms with Gasteiger partial charge in [0.05, 0.1) is 17.4 Å². The number of carbonyl (C=O) groups excluding carboxylic acids is 1. The van der Waals surface area contributed by atoms with Crippen molar-refractivity contribution in [3.05, 3.63) is 111 Å². The van der Waals surface area contributed by atoms with Crippen LogP contribution < -0.4 is 5.56 Å². The van der Waals surface area contributed by atoms with Crippen LogP contribution in [0, 0.1) is 6.92 Å². The number of rotatable bonds is 11. The Morgan fingerprint density at radius 3 is 2.37 bits per heavy atom. The molecule has 0 spiro atoms. The largest absolute Gasteiger partial charge is 0.479 e. The maximum Gasteiger partial charge on any atom is 0.337 e. The Kier molecular flexibility index (Phi) is 9.25. The van der Waals surface area contributed by atoms with Crippen molar-refractivity contribution in [2.75, 3.05) is 27.2 Å². The predicted octanol–water partition coefficient (Wildman–Crippen LogP) is 5.19. The summed E-state index contributed by atoms with van der Waals surface area (Å²) in [4.78, 5) is 50.0. The van der Waals surface area contributed by atoms with Gasteiger partial charge in [0, 0.05) is 17.1 Å². The van der Waals surface area contributed by atoms with Gasteiger partial charge in [-0.1, -0.05) is 66.6 Å². The Bertz CT molecular complexity index is 1620. The Balaban J connectivity index is 2.03. The Morgan fingerprint density at radius 2 is 1.73 bits per heavy atom. The number of fused-ring (bicyclic) bond motifs is 1. The minimum atomic E-state index is -1.95. The monoisotopic (exact) mass is 574 g/mol. The average molecular weight is 575 g/mol. The number of halogens is 1. The first-order chi connectivity index (χ1) is 19.6. The first-order valence-corrected chi connectivity index (χ1v) is 14.0. The predicted molar refractivity (Wildman–Crippen MR) is 162 cm³/mol. The third-order valence-electron chi connectivity index (χ3n) is 7.29. The maximum absolute atomic E-state index is 14.2. The van der Waals surface area contributed by atoms with Gasteiger partial charge >= 0.3 is 5.97 Å². The van der Waals surface area contributed by atoms with Crippen molar-refractivity contribution in [1.29, 1.82) is 0 Å². The lowest BCUT2D eigenvalue weighted by Gasteiger charge is -2.41. The first-order valence-electron chi connectivity index (χ1n) is 13.6. The summed E-state index contributed by atoms with van der Waals surface area (Å²) in [6.45, 7) is 4.44. The summed E-state index contributed by atoms with van der Waals surface area (Å²) in [6, 6.07) is 21.1. The van der Waals surface area contributed by atoms with Gasteiger partial charge in [-0.25, -0.2) is 9.78 Å². The van der Waals surface area contributed by atoms with Gasteiger partial charge in [0.25, 0.3) is 11.5 Å². The lowest BCUT2D eigenvalue weighted by Crippen LogP contribution is -2.57. The molecule has 214 valence electrons. The highest BCUT2D eigenvalue weighted by Gasteiger charge is 2.50. The van der Waals surface area contributed by atoms with Crippen molar-refractivity contribution >= 4 is 34.4 Å². The minimum Gasteiger partial charge on any atom is -0.479 e. The van der Waals surface area contributed by atoms with Crippen LogP contribution in [-0.4, -0.2) is 63.5 Å². The third-order valence-corrected chi connectivity index (χ3v) is 7.53. The molecule has 0 radical (unpaired) electrons. The lowest BCUT2D eigenvalue weighted by atomic mass is 9.90. The zero-order valence-electron chi connectivity index (χ0n) is 23.8. The molecule has 1 atom stereocenters. The van der Waals surface area contributed by atoms with E-state index in [1.165, 1.54) is 9.47 Å². The molecule has 1 aromatic heterocycles. The molecule has 41 heavy (non-hydrogen) atoms. The van der Waals surface area contributed by atoms with Gasteiger partial charge in [-0.05, 0) is 76.3 Å². The van der Waals surface area contributed by atoms with Gasteiger partial charge in [-0.15, -0.1) is 0 Å². The number of carboxylic acid groups (broad SMARTS) is 1. The van der Waals surface area contributed by atoms with Crippen LogP contribution in [0.2, 0.25) is 5.02 Å². The van der Waals surface area contributed by atoms with Crippen LogP contribution in [-0.2, 0) is 16.9 Å². The normalized spacial score (nSPS) is 12.8. The summed E-state index contributed by atoms with van der Waals surface area (Å²) < 4.78 is 1.39. The summed E-state index contributed by atoms with van der Waals surface area (Å²) in [7, 11) is 3.84. The Morgan fingerprint density at radius 1 is 1.00 bits per heavy atom. The van der Waals surface area contributed by atoms with E-state index >= 15 is 0 Å². The van der Waals surface area contributed by atoms with Gasteiger partial charge in [-0.2, -0.15) is 0 Å². The SMILES string of the molecule is CCC(C(=O)O)(c1nc2cc(Cl)ccc2c(=O)n1Cc1ccccc1)N(CCCN(C)C)C(=O)c1cccc(C)c1. The second-order valence-corrected chi connectivity index (χ2v) is 10.9. The summed E-state index contributed by atoms with van der Waals surface area (Å²) in [5.74, 6) is -1.72. The van der Waals surface area contributed by atoms with Crippen molar-refractivity contribution in [2.24, 2.45) is 0 Å². The highest BCUT2D eigenvalue weighted by Crippen LogP contribution is 2.34. The molecule has 1 heterocycles. The second kappa shape index (κ2) is 12.7. The molecular weight excluding hydrogens is 540 g/mol. The van der Waals surface area contributed by atoms with Crippen LogP contribution in [0.4, 0.5) is 0 Å². The van der Waals surface area contributed by atoms with E-state index in [0.29, 0.717) is 28.9 Å². The zero-order valence-corrected chi connectivity index (χ0v) is 24.6. The number of aliphatic carboxylic acids is 1. The van der Waals surface area contributed by atoms with Crippen molar-refractivity contribution in [1.82, 2.24) is 19.4 Å². The lowest BCUT2D eigenvalue weighted by molar-refractivity contribution is -0.152. The molecule has 0 aliphatic carbocycles. The third kappa shape index (κ3) is 6.19. The molecule has 1 unspecified atom stereocenters. The van der Waals surface area contributed by atoms with Gasteiger partial charge < -0.3 is 14.9 Å². The number of aromatic nitrogens is 2. The molecule has 0 aliphatic heterocycles. The van der Waals surface area contributed by atoms with Crippen LogP contribution in [0.15, 0.2) is 77.6 Å². The molecule has 4 rings (SSSR count). The van der Waals surface area contributed by atoms with Crippen molar-refractivity contribution in [2.45, 2.75) is 38.8 Å². The summed E-state index contributed by atoms with van der Waals surface area (Å²) in [5, 5.41) is 11.7. The van der Waals surface area contributed by atoms with E-state index in [9.17, 15) is 19.5 Å². The number of aryl methyl sites for hydroxylation is 1. The quantitative estimate of drug-likeness (QED) is 0.265. The van der Waals surface area contributed by atoms with E-state index in [1.54, 1.807) is 43.3 Å². The summed E-state index contributed by atoms with van der Waals surface area (Å²) in [6.07, 6.45) is 0.497. The van der Waals surface area contributed by atoms with E-state index in [1.807, 2.05) is 62.3 Å². The van der Waals surface area contributed by atoms with Gasteiger partial charge in [0.2, 0.25) is 0 Å². The fourth-order valence-corrected chi connectivity index (χ4v) is 5.37. The molecule has 0 aliphatic rings. The van der Waals surface area contributed by atoms with E-state index in [0.717, 1.165) is 11.1 Å². The fourth-order valence-electron chi connectivity index (χ4n) is 5.20. The molecule has 3 aromatic carbocycles. The number of benzene rings is 3. The maximum atomic E-state index is 14.2. The summed E-state index contributed by atoms with van der Waals surface area (Å²) >= 11 is 6.28. The first kappa shape index (κ1) is 30.0. The van der Waals surface area contributed by atoms with Gasteiger partial charge in [-0.3, -0.25) is 14.2 Å². The molecular formula is C32H35ClN4O4. The molecule has 9 heteroatoms. The number of carbonyl (C=O) groups is 2. The standard InChI is InChI=1S/C32H35ClN4O4/c1-5-32(31(40)41,37(18-10-17-35(3)4)28(38)24-14-9-11-22(2)19-24)30-34-27-20-25(33)15-16-26(27)29(39)36(30)21-23-12-7-6-8-13-23/h6-9,11-16,19-20H,5,10,17-18,21H2,1-4H3,(H,40,41). The van der Waals surface area contributed by atoms with E-state index < -0.39 is 23.0 Å². The zero-order chi connectivity index (χ0) is 29.7. The highest BCUT2D eigenvalue weighted by atomic mass is 35.5. The fraction of sp³-hybridized carbons (Fsp3) is 0.312. The van der Waals surface area contributed by atoms with Crippen LogP contribution in [0.1, 0.15) is 47.1 Å². The molecule has 1 amide bonds. The number of carboxylic acids is 1. The molecule has 0 saturated carbocycles. The van der Waals surface area contributed by atoms with Crippen LogP contribution in [0.3, 0.4) is 0 Å². The highest BCUT2D eigenvalue weighted by molar-refractivity contribution is 6.31. The van der Waals surface area contributed by atoms with E-state index in [2.05, 4.69) is 0 Å². The van der Waals surface area contributed by atoms with Crippen LogP contribution in [0.25, 0.3) is 10.9 Å². The molecule has 8 nitrogen and oxygen atoms in total. The minimum absolute atomic E-state index is 0.0121. The Hall–Kier alpha value is -4.01. The van der Waals surface area contributed by atoms with E-state index in [-0.39, 0.29) is 30.9 Å². The number of hydrogen-bond acceptors (Lipinski definition) is 5. The molecule has 1 N–H and O–H groups in total.